The predicted octanol–water partition coefficient (Wildman–Crippen LogP) is 5.43. The van der Waals surface area contributed by atoms with Crippen LogP contribution in [0.3, 0.4) is 0 Å². The fraction of sp³-hybridized carbons (Fsp3) is 0.161. The number of halogens is 1. The first-order valence-corrected chi connectivity index (χ1v) is 13.6. The molecule has 1 aliphatic rings. The molecule has 1 aromatic heterocycles. The number of hydrogen-bond donors (Lipinski definition) is 2. The molecule has 1 aliphatic heterocycles. The number of nitrogens with two attached hydrogens (primary N) is 1. The van der Waals surface area contributed by atoms with Gasteiger partial charge in [0.15, 0.2) is 5.78 Å². The molecular weight excluding hydrogens is 529 g/mol. The number of pyridine rings is 1. The van der Waals surface area contributed by atoms with Crippen molar-refractivity contribution in [2.45, 2.75) is 29.5 Å². The van der Waals surface area contributed by atoms with Gasteiger partial charge in [-0.05, 0) is 70.8 Å². The molecular formula is C31H26FN3O4S. The third kappa shape index (κ3) is 6.27. The van der Waals surface area contributed by atoms with Crippen LogP contribution in [-0.4, -0.2) is 34.5 Å². The molecule has 0 spiro atoms. The van der Waals surface area contributed by atoms with Crippen LogP contribution >= 0.6 is 11.8 Å². The summed E-state index contributed by atoms with van der Waals surface area (Å²) >= 11 is 1.45. The molecule has 7 nitrogen and oxygen atoms in total. The number of rotatable bonds is 9. The Morgan fingerprint density at radius 3 is 2.58 bits per heavy atom. The first-order chi connectivity index (χ1) is 19.4. The second-order valence-electron chi connectivity index (χ2n) is 9.27. The fourth-order valence-electron chi connectivity index (χ4n) is 4.42. The smallest absolute Gasteiger partial charge is 0.319 e. The van der Waals surface area contributed by atoms with E-state index in [9.17, 15) is 18.8 Å². The first-order valence-electron chi connectivity index (χ1n) is 12.7. The SMILES string of the molecule is NCc1ccc(C(=O)Cc2ccncc2F)cc1-c1cccc(C(=O)Nc2ccc(SC3CCOC3=O)cc2)c1. The summed E-state index contributed by atoms with van der Waals surface area (Å²) in [7, 11) is 0. The Balaban J connectivity index is 1.32. The quantitative estimate of drug-likeness (QED) is 0.209. The Labute approximate surface area is 235 Å². The summed E-state index contributed by atoms with van der Waals surface area (Å²) in [5, 5.41) is 2.70. The Bertz CT molecular complexity index is 1580. The van der Waals surface area contributed by atoms with Crippen molar-refractivity contribution < 1.29 is 23.5 Å². The molecule has 0 bridgehead atoms. The Kier molecular flexibility index (Phi) is 8.33. The summed E-state index contributed by atoms with van der Waals surface area (Å²) in [5.41, 5.74) is 9.99. The van der Waals surface area contributed by atoms with Crippen LogP contribution in [0, 0.1) is 5.82 Å². The second kappa shape index (κ2) is 12.2. The van der Waals surface area contributed by atoms with Crippen molar-refractivity contribution in [1.29, 1.82) is 0 Å². The van der Waals surface area contributed by atoms with Gasteiger partial charge in [0, 0.05) is 47.3 Å². The van der Waals surface area contributed by atoms with E-state index in [4.69, 9.17) is 10.5 Å². The number of nitrogens with zero attached hydrogens (tertiary/aromatic N) is 1. The highest BCUT2D eigenvalue weighted by molar-refractivity contribution is 8.00. The molecule has 0 aliphatic carbocycles. The Morgan fingerprint density at radius 2 is 1.85 bits per heavy atom. The standard InChI is InChI=1S/C31H26FN3O4S/c32-27-18-34-12-10-20(27)16-28(36)21-4-5-23(17-33)26(15-21)19-2-1-3-22(14-19)30(37)35-24-6-8-25(9-7-24)40-29-11-13-39-31(29)38/h1-10,12,14-15,18,29H,11,13,16-17,33H2,(H,35,37). The lowest BCUT2D eigenvalue weighted by Crippen LogP contribution is -2.12. The van der Waals surface area contributed by atoms with Gasteiger partial charge in [-0.2, -0.15) is 0 Å². The van der Waals surface area contributed by atoms with Gasteiger partial charge < -0.3 is 15.8 Å². The molecule has 1 atom stereocenters. The van der Waals surface area contributed by atoms with Crippen LogP contribution in [0.5, 0.6) is 0 Å². The van der Waals surface area contributed by atoms with E-state index in [2.05, 4.69) is 10.3 Å². The van der Waals surface area contributed by atoms with Crippen LogP contribution in [0.2, 0.25) is 0 Å². The van der Waals surface area contributed by atoms with E-state index in [0.717, 1.165) is 27.8 Å². The Hall–Kier alpha value is -4.34. The lowest BCUT2D eigenvalue weighted by Gasteiger charge is -2.13. The number of carbonyl (C=O) groups excluding carboxylic acids is 3. The number of nitrogens with one attached hydrogen (secondary N) is 1. The number of hydrogen-bond acceptors (Lipinski definition) is 7. The average molecular weight is 556 g/mol. The molecule has 1 fully saturated rings. The topological polar surface area (TPSA) is 111 Å². The molecule has 3 N–H and O–H groups in total. The summed E-state index contributed by atoms with van der Waals surface area (Å²) in [6.45, 7) is 0.685. The third-order valence-corrected chi connectivity index (χ3v) is 7.83. The maximum absolute atomic E-state index is 14.0. The number of Topliss-reactive ketones (excluding diaryl/α,β-unsaturated/α-hetero) is 1. The number of carbonyl (C=O) groups is 3. The van der Waals surface area contributed by atoms with E-state index in [1.165, 1.54) is 24.0 Å². The van der Waals surface area contributed by atoms with Crippen LogP contribution in [-0.2, 0) is 22.5 Å². The number of ketones is 1. The minimum Gasteiger partial charge on any atom is -0.465 e. The lowest BCUT2D eigenvalue weighted by atomic mass is 9.93. The van der Waals surface area contributed by atoms with E-state index in [1.807, 2.05) is 18.2 Å². The van der Waals surface area contributed by atoms with E-state index >= 15 is 0 Å². The zero-order valence-corrected chi connectivity index (χ0v) is 22.2. The van der Waals surface area contributed by atoms with Crippen molar-refractivity contribution >= 4 is 35.1 Å². The number of ether oxygens (including phenoxy) is 1. The molecule has 9 heteroatoms. The zero-order valence-electron chi connectivity index (χ0n) is 21.4. The highest BCUT2D eigenvalue weighted by atomic mass is 32.2. The van der Waals surface area contributed by atoms with Crippen LogP contribution in [0.1, 0.15) is 38.3 Å². The summed E-state index contributed by atoms with van der Waals surface area (Å²) < 4.78 is 19.0. The van der Waals surface area contributed by atoms with Crippen molar-refractivity contribution in [2.24, 2.45) is 5.73 Å². The van der Waals surface area contributed by atoms with Crippen molar-refractivity contribution in [3.63, 3.8) is 0 Å². The lowest BCUT2D eigenvalue weighted by molar-refractivity contribution is -0.137. The van der Waals surface area contributed by atoms with Gasteiger partial charge in [-0.25, -0.2) is 4.39 Å². The molecule has 5 rings (SSSR count). The molecule has 2 heterocycles. The fourth-order valence-corrected chi connectivity index (χ4v) is 5.42. The molecule has 1 saturated heterocycles. The zero-order chi connectivity index (χ0) is 28.1. The highest BCUT2D eigenvalue weighted by Crippen LogP contribution is 2.31. The molecule has 3 aromatic carbocycles. The maximum Gasteiger partial charge on any atom is 0.319 e. The molecule has 40 heavy (non-hydrogen) atoms. The molecule has 202 valence electrons. The number of amides is 1. The second-order valence-corrected chi connectivity index (χ2v) is 10.5. The van der Waals surface area contributed by atoms with Gasteiger partial charge in [0.1, 0.15) is 11.1 Å². The minimum atomic E-state index is -0.528. The van der Waals surface area contributed by atoms with Gasteiger partial charge in [0.05, 0.1) is 12.8 Å². The normalized spacial score (nSPS) is 14.6. The number of cyclic esters (lactones) is 1. The minimum absolute atomic E-state index is 0.0970. The number of esters is 1. The van der Waals surface area contributed by atoms with Gasteiger partial charge in [-0.15, -0.1) is 11.8 Å². The van der Waals surface area contributed by atoms with E-state index in [1.54, 1.807) is 48.5 Å². The number of anilines is 1. The molecule has 0 saturated carbocycles. The van der Waals surface area contributed by atoms with Crippen molar-refractivity contribution in [1.82, 2.24) is 4.98 Å². The summed E-state index contributed by atoms with van der Waals surface area (Å²) in [5.74, 6) is -1.26. The van der Waals surface area contributed by atoms with Crippen LogP contribution in [0.25, 0.3) is 11.1 Å². The van der Waals surface area contributed by atoms with Gasteiger partial charge in [0.2, 0.25) is 0 Å². The molecule has 1 amide bonds. The van der Waals surface area contributed by atoms with Crippen LogP contribution in [0.4, 0.5) is 10.1 Å². The van der Waals surface area contributed by atoms with Gasteiger partial charge >= 0.3 is 5.97 Å². The van der Waals surface area contributed by atoms with Crippen molar-refractivity contribution in [3.8, 4) is 11.1 Å². The number of benzene rings is 3. The van der Waals surface area contributed by atoms with Crippen LogP contribution < -0.4 is 11.1 Å². The highest BCUT2D eigenvalue weighted by Gasteiger charge is 2.27. The monoisotopic (exact) mass is 555 g/mol. The average Bonchev–Trinajstić information content (AvgIpc) is 3.38. The van der Waals surface area contributed by atoms with Crippen molar-refractivity contribution in [2.75, 3.05) is 11.9 Å². The van der Waals surface area contributed by atoms with Crippen molar-refractivity contribution in [3.05, 3.63) is 113 Å². The molecule has 4 aromatic rings. The van der Waals surface area contributed by atoms with Crippen LogP contribution in [0.15, 0.2) is 90.1 Å². The summed E-state index contributed by atoms with van der Waals surface area (Å²) in [4.78, 5) is 42.4. The predicted molar refractivity (Wildman–Crippen MR) is 152 cm³/mol. The maximum atomic E-state index is 14.0. The van der Waals surface area contributed by atoms with E-state index in [-0.39, 0.29) is 41.4 Å². The van der Waals surface area contributed by atoms with Gasteiger partial charge in [-0.1, -0.05) is 24.3 Å². The number of aromatic nitrogens is 1. The van der Waals surface area contributed by atoms with Gasteiger partial charge in [0.25, 0.3) is 5.91 Å². The van der Waals surface area contributed by atoms with Gasteiger partial charge in [-0.3, -0.25) is 19.4 Å². The third-order valence-electron chi connectivity index (χ3n) is 6.57. The summed E-state index contributed by atoms with van der Waals surface area (Å²) in [6, 6.07) is 21.0. The van der Waals surface area contributed by atoms with E-state index < -0.39 is 5.82 Å². The van der Waals surface area contributed by atoms with E-state index in [0.29, 0.717) is 29.8 Å². The summed E-state index contributed by atoms with van der Waals surface area (Å²) in [6.07, 6.45) is 3.13. The molecule has 1 unspecified atom stereocenters. The largest absolute Gasteiger partial charge is 0.465 e. The molecule has 0 radical (unpaired) electrons. The number of thioether (sulfide) groups is 1. The first kappa shape index (κ1) is 27.2. The Morgan fingerprint density at radius 1 is 1.02 bits per heavy atom.